The first-order chi connectivity index (χ1) is 16.2. The predicted molar refractivity (Wildman–Crippen MR) is 124 cm³/mol. The van der Waals surface area contributed by atoms with Gasteiger partial charge in [0.2, 0.25) is 10.0 Å². The van der Waals surface area contributed by atoms with E-state index < -0.39 is 27.6 Å². The van der Waals surface area contributed by atoms with Crippen LogP contribution in [0.5, 0.6) is 5.75 Å². The van der Waals surface area contributed by atoms with Crippen LogP contribution in [0.2, 0.25) is 0 Å². The molecule has 1 fully saturated rings. The van der Waals surface area contributed by atoms with Crippen molar-refractivity contribution in [2.45, 2.75) is 23.0 Å². The van der Waals surface area contributed by atoms with Crippen molar-refractivity contribution in [3.8, 4) is 11.8 Å². The van der Waals surface area contributed by atoms with Gasteiger partial charge in [-0.1, -0.05) is 42.5 Å². The molecule has 4 rings (SSSR count). The van der Waals surface area contributed by atoms with Crippen molar-refractivity contribution in [1.29, 1.82) is 5.26 Å². The minimum atomic E-state index is -3.84. The smallest absolute Gasteiger partial charge is 0.320 e. The molecule has 3 aromatic rings. The summed E-state index contributed by atoms with van der Waals surface area (Å²) in [5.41, 5.74) is 6.59. The van der Waals surface area contributed by atoms with Gasteiger partial charge >= 0.3 is 5.97 Å². The van der Waals surface area contributed by atoms with Gasteiger partial charge in [0.15, 0.2) is 5.60 Å². The maximum absolute atomic E-state index is 13.3. The molecule has 1 atom stereocenters. The normalized spacial score (nSPS) is 16.1. The molecule has 174 valence electrons. The Morgan fingerprint density at radius 3 is 2.38 bits per heavy atom. The van der Waals surface area contributed by atoms with Gasteiger partial charge < -0.3 is 15.6 Å². The third-order valence-corrected chi connectivity index (χ3v) is 7.56. The Morgan fingerprint density at radius 2 is 1.76 bits per heavy atom. The summed E-state index contributed by atoms with van der Waals surface area (Å²) in [4.78, 5) is 11.1. The van der Waals surface area contributed by atoms with Crippen LogP contribution >= 0.6 is 0 Å². The lowest BCUT2D eigenvalue weighted by molar-refractivity contribution is -0.138. The van der Waals surface area contributed by atoms with Crippen molar-refractivity contribution in [2.24, 2.45) is 5.73 Å². The number of hydrogen-bond acceptors (Lipinski definition) is 6. The van der Waals surface area contributed by atoms with Gasteiger partial charge in [-0.3, -0.25) is 4.79 Å². The highest BCUT2D eigenvalue weighted by atomic mass is 32.2. The number of nitrogens with two attached hydrogens (primary N) is 1. The van der Waals surface area contributed by atoms with Gasteiger partial charge in [-0.15, -0.1) is 0 Å². The average molecular weight is 478 g/mol. The van der Waals surface area contributed by atoms with Crippen LogP contribution in [0.4, 0.5) is 0 Å². The van der Waals surface area contributed by atoms with Crippen LogP contribution in [0.25, 0.3) is 0 Å². The van der Waals surface area contributed by atoms with Gasteiger partial charge in [0.1, 0.15) is 11.8 Å². The summed E-state index contributed by atoms with van der Waals surface area (Å²) in [7, 11) is -3.84. The fourth-order valence-corrected chi connectivity index (χ4v) is 5.49. The molecule has 0 bridgehead atoms. The minimum Gasteiger partial charge on any atom is -0.480 e. The Bertz CT molecular complexity index is 1330. The van der Waals surface area contributed by atoms with Crippen molar-refractivity contribution < 1.29 is 23.1 Å². The Balaban J connectivity index is 1.58. The number of ether oxygens (including phenoxy) is 1. The molecule has 34 heavy (non-hydrogen) atoms. The van der Waals surface area contributed by atoms with Gasteiger partial charge in [-0.05, 0) is 53.9 Å². The van der Waals surface area contributed by atoms with Gasteiger partial charge in [0, 0.05) is 0 Å². The molecule has 0 saturated carbocycles. The number of carbonyl (C=O) groups is 1. The van der Waals surface area contributed by atoms with E-state index >= 15 is 0 Å². The number of rotatable bonds is 8. The second-order valence-corrected chi connectivity index (χ2v) is 10.1. The number of carboxylic acids is 1. The number of carboxylic acid groups (broad SMARTS) is 1. The zero-order valence-electron chi connectivity index (χ0n) is 18.2. The van der Waals surface area contributed by atoms with E-state index in [2.05, 4.69) is 6.07 Å². The van der Waals surface area contributed by atoms with E-state index in [-0.39, 0.29) is 24.4 Å². The van der Waals surface area contributed by atoms with Crippen LogP contribution < -0.4 is 10.5 Å². The Labute approximate surface area is 197 Å². The van der Waals surface area contributed by atoms with E-state index in [9.17, 15) is 13.2 Å². The third-order valence-electron chi connectivity index (χ3n) is 5.77. The molecule has 3 aromatic carbocycles. The molecule has 1 aliphatic rings. The molecule has 1 saturated heterocycles. The fourth-order valence-electron chi connectivity index (χ4n) is 3.89. The number of hydrogen-bond donors (Lipinski definition) is 2. The summed E-state index contributed by atoms with van der Waals surface area (Å²) >= 11 is 0. The first-order valence-corrected chi connectivity index (χ1v) is 12.0. The number of aliphatic carboxylic acids is 1. The van der Waals surface area contributed by atoms with E-state index in [4.69, 9.17) is 20.8 Å². The molecular weight excluding hydrogens is 454 g/mol. The summed E-state index contributed by atoms with van der Waals surface area (Å²) < 4.78 is 34.3. The maximum Gasteiger partial charge on any atom is 0.320 e. The van der Waals surface area contributed by atoms with Gasteiger partial charge in [-0.25, -0.2) is 8.42 Å². The van der Waals surface area contributed by atoms with Crippen molar-refractivity contribution in [3.05, 3.63) is 95.6 Å². The van der Waals surface area contributed by atoms with Crippen molar-refractivity contribution >= 4 is 16.0 Å². The first kappa shape index (κ1) is 23.4. The Kier molecular flexibility index (Phi) is 6.39. The molecule has 1 heterocycles. The van der Waals surface area contributed by atoms with Gasteiger partial charge in [-0.2, -0.15) is 9.57 Å². The monoisotopic (exact) mass is 477 g/mol. The molecule has 0 radical (unpaired) electrons. The molecule has 0 amide bonds. The summed E-state index contributed by atoms with van der Waals surface area (Å²) in [6.45, 7) is 0.191. The third kappa shape index (κ3) is 4.65. The topological polar surface area (TPSA) is 134 Å². The van der Waals surface area contributed by atoms with Crippen LogP contribution in [-0.4, -0.2) is 42.9 Å². The van der Waals surface area contributed by atoms with Gasteiger partial charge in [0.05, 0.1) is 29.6 Å². The van der Waals surface area contributed by atoms with Crippen LogP contribution in [0.1, 0.15) is 16.7 Å². The lowest BCUT2D eigenvalue weighted by Gasteiger charge is -2.48. The summed E-state index contributed by atoms with van der Waals surface area (Å²) in [5.74, 6) is -0.617. The van der Waals surface area contributed by atoms with Crippen molar-refractivity contribution in [2.75, 3.05) is 13.1 Å². The van der Waals surface area contributed by atoms with E-state index in [1.807, 2.05) is 30.3 Å². The highest BCUT2D eigenvalue weighted by Crippen LogP contribution is 2.40. The molecule has 9 heteroatoms. The second-order valence-electron chi connectivity index (χ2n) is 8.17. The second kappa shape index (κ2) is 9.27. The molecule has 1 unspecified atom stereocenters. The lowest BCUT2D eigenvalue weighted by atomic mass is 9.87. The average Bonchev–Trinajstić information content (AvgIpc) is 2.82. The van der Waals surface area contributed by atoms with Crippen LogP contribution in [-0.2, 0) is 26.8 Å². The number of nitriles is 1. The summed E-state index contributed by atoms with van der Waals surface area (Å²) in [6, 6.07) is 23.2. The maximum atomic E-state index is 13.3. The summed E-state index contributed by atoms with van der Waals surface area (Å²) in [5, 5.41) is 18.1. The Hall–Kier alpha value is -3.71. The molecule has 0 aromatic heterocycles. The first-order valence-electron chi connectivity index (χ1n) is 10.6. The minimum absolute atomic E-state index is 0.0223. The van der Waals surface area contributed by atoms with Gasteiger partial charge in [0.25, 0.3) is 0 Å². The Morgan fingerprint density at radius 1 is 1.09 bits per heavy atom. The largest absolute Gasteiger partial charge is 0.480 e. The molecule has 1 aliphatic heterocycles. The van der Waals surface area contributed by atoms with E-state index in [1.165, 1.54) is 16.4 Å². The standard InChI is InChI=1S/C25H23N3O5S/c26-15-18-9-11-21(12-10-18)33-25(20-6-2-1-3-7-20)16-28(17-25)34(31,32)22-8-4-5-19(13-22)14-23(27)24(29)30/h1-13,23H,14,16-17,27H2,(H,29,30). The van der Waals surface area contributed by atoms with E-state index in [1.54, 1.807) is 36.4 Å². The van der Waals surface area contributed by atoms with Crippen molar-refractivity contribution in [3.63, 3.8) is 0 Å². The molecular formula is C25H23N3O5S. The van der Waals surface area contributed by atoms with Crippen molar-refractivity contribution in [1.82, 2.24) is 4.31 Å². The number of benzene rings is 3. The van der Waals surface area contributed by atoms with Crippen LogP contribution in [0.3, 0.4) is 0 Å². The lowest BCUT2D eigenvalue weighted by Crippen LogP contribution is -2.64. The SMILES string of the molecule is N#Cc1ccc(OC2(c3ccccc3)CN(S(=O)(=O)c3cccc(CC(N)C(=O)O)c3)C2)cc1. The molecule has 0 spiro atoms. The molecule has 0 aliphatic carbocycles. The number of nitrogens with zero attached hydrogens (tertiary/aromatic N) is 2. The molecule has 3 N–H and O–H groups in total. The fraction of sp³-hybridized carbons (Fsp3) is 0.200. The highest BCUT2D eigenvalue weighted by molar-refractivity contribution is 7.89. The van der Waals surface area contributed by atoms with E-state index in [0.29, 0.717) is 16.9 Å². The quantitative estimate of drug-likeness (QED) is 0.509. The van der Waals surface area contributed by atoms with Crippen LogP contribution in [0, 0.1) is 11.3 Å². The van der Waals surface area contributed by atoms with Crippen LogP contribution in [0.15, 0.2) is 83.8 Å². The highest BCUT2D eigenvalue weighted by Gasteiger charge is 2.52. The zero-order valence-corrected chi connectivity index (χ0v) is 19.0. The predicted octanol–water partition coefficient (Wildman–Crippen LogP) is 2.49. The molecule has 8 nitrogen and oxygen atoms in total. The summed E-state index contributed by atoms with van der Waals surface area (Å²) in [6.07, 6.45) is 0.0223. The zero-order chi connectivity index (χ0) is 24.3. The van der Waals surface area contributed by atoms with E-state index in [0.717, 1.165) is 5.56 Å². The number of sulfonamides is 1.